The minimum Gasteiger partial charge on any atom is -0.508 e. The molecule has 0 spiro atoms. The largest absolute Gasteiger partial charge is 0.508 e. The molecule has 1 aliphatic heterocycles. The Bertz CT molecular complexity index is 1670. The van der Waals surface area contributed by atoms with E-state index in [9.17, 15) is 29.7 Å². The number of phenols is 1. The number of aliphatic hydroxyl groups excluding tert-OH is 1. The predicted molar refractivity (Wildman–Crippen MR) is 159 cm³/mol. The van der Waals surface area contributed by atoms with Crippen molar-refractivity contribution in [1.82, 2.24) is 0 Å². The SMILES string of the molecule is CO[C@H]1[C@H](OC(N)=O)[C@H](O)C(Oc2ccc3c(O)c(NC(=O)c4ccc(O)c(CC=C(C)C)c4)c(=O)oc3c2C)OC1(C)C. The van der Waals surface area contributed by atoms with Gasteiger partial charge in [0.2, 0.25) is 6.29 Å². The van der Waals surface area contributed by atoms with Crippen molar-refractivity contribution in [1.29, 1.82) is 0 Å². The summed E-state index contributed by atoms with van der Waals surface area (Å²) in [4.78, 5) is 37.5. The van der Waals surface area contributed by atoms with Crippen molar-refractivity contribution < 1.29 is 48.3 Å². The average Bonchev–Trinajstić information content (AvgIpc) is 2.94. The lowest BCUT2D eigenvalue weighted by Crippen LogP contribution is -2.65. The van der Waals surface area contributed by atoms with Crippen molar-refractivity contribution in [3.8, 4) is 17.2 Å². The topological polar surface area (TPSA) is 200 Å². The number of amides is 2. The summed E-state index contributed by atoms with van der Waals surface area (Å²) in [5.74, 6) is -1.09. The minimum absolute atomic E-state index is 0.0183. The van der Waals surface area contributed by atoms with Crippen LogP contribution in [0.4, 0.5) is 10.5 Å². The fraction of sp³-hybridized carbons (Fsp3) is 0.387. The summed E-state index contributed by atoms with van der Waals surface area (Å²) in [5.41, 5.74) is 4.54. The third-order valence-corrected chi connectivity index (χ3v) is 7.33. The van der Waals surface area contributed by atoms with Crippen LogP contribution in [0.25, 0.3) is 11.0 Å². The first-order valence-corrected chi connectivity index (χ1v) is 13.7. The predicted octanol–water partition coefficient (Wildman–Crippen LogP) is 3.63. The van der Waals surface area contributed by atoms with Gasteiger partial charge in [-0.25, -0.2) is 9.59 Å². The van der Waals surface area contributed by atoms with Gasteiger partial charge in [0.1, 0.15) is 23.2 Å². The number of rotatable bonds is 8. The number of methoxy groups -OCH3 is 1. The first kappa shape index (κ1) is 32.3. The van der Waals surface area contributed by atoms with E-state index in [0.717, 1.165) is 5.57 Å². The Morgan fingerprint density at radius 1 is 1.16 bits per heavy atom. The van der Waals surface area contributed by atoms with Gasteiger partial charge in [0.25, 0.3) is 5.91 Å². The number of allylic oxidation sites excluding steroid dienone is 2. The molecule has 4 rings (SSSR count). The van der Waals surface area contributed by atoms with Gasteiger partial charge in [-0.15, -0.1) is 0 Å². The Morgan fingerprint density at radius 3 is 2.50 bits per heavy atom. The lowest BCUT2D eigenvalue weighted by molar-refractivity contribution is -0.304. The Kier molecular flexibility index (Phi) is 9.23. The van der Waals surface area contributed by atoms with Gasteiger partial charge < -0.3 is 49.7 Å². The van der Waals surface area contributed by atoms with E-state index in [2.05, 4.69) is 5.32 Å². The van der Waals surface area contributed by atoms with E-state index in [0.29, 0.717) is 12.0 Å². The Labute approximate surface area is 252 Å². The summed E-state index contributed by atoms with van der Waals surface area (Å²) in [6.45, 7) is 8.69. The highest BCUT2D eigenvalue weighted by molar-refractivity contribution is 6.06. The maximum Gasteiger partial charge on any atom is 0.404 e. The number of benzene rings is 2. The normalized spacial score (nSPS) is 21.0. The van der Waals surface area contributed by atoms with Crippen molar-refractivity contribution in [2.24, 2.45) is 5.73 Å². The van der Waals surface area contributed by atoms with Crippen LogP contribution >= 0.6 is 0 Å². The number of phenolic OH excluding ortho intramolecular Hbond substituents is 1. The molecule has 6 N–H and O–H groups in total. The molecule has 1 unspecified atom stereocenters. The van der Waals surface area contributed by atoms with Gasteiger partial charge >= 0.3 is 11.7 Å². The molecule has 0 bridgehead atoms. The zero-order valence-electron chi connectivity index (χ0n) is 25.2. The van der Waals surface area contributed by atoms with Gasteiger partial charge in [-0.2, -0.15) is 0 Å². The quantitative estimate of drug-likeness (QED) is 0.184. The Hall–Kier alpha value is -4.59. The van der Waals surface area contributed by atoms with Crippen molar-refractivity contribution in [2.45, 2.75) is 71.2 Å². The van der Waals surface area contributed by atoms with E-state index in [-0.39, 0.29) is 33.6 Å². The second-order valence-corrected chi connectivity index (χ2v) is 11.2. The van der Waals surface area contributed by atoms with E-state index in [1.54, 1.807) is 20.8 Å². The number of ether oxygens (including phenoxy) is 4. The highest BCUT2D eigenvalue weighted by Crippen LogP contribution is 2.38. The zero-order valence-corrected chi connectivity index (χ0v) is 25.2. The Morgan fingerprint density at radius 2 is 1.86 bits per heavy atom. The van der Waals surface area contributed by atoms with E-state index >= 15 is 0 Å². The number of primary amides is 1. The van der Waals surface area contributed by atoms with Gasteiger partial charge in [-0.05, 0) is 76.9 Å². The third kappa shape index (κ3) is 6.49. The number of carbonyl (C=O) groups is 2. The summed E-state index contributed by atoms with van der Waals surface area (Å²) < 4.78 is 27.9. The average molecular weight is 613 g/mol. The molecule has 0 saturated carbocycles. The van der Waals surface area contributed by atoms with E-state index in [1.165, 1.54) is 37.4 Å². The molecule has 2 amide bonds. The summed E-state index contributed by atoms with van der Waals surface area (Å²) in [6, 6.07) is 7.12. The monoisotopic (exact) mass is 612 g/mol. The number of aliphatic hydroxyl groups is 1. The van der Waals surface area contributed by atoms with E-state index in [4.69, 9.17) is 29.1 Å². The van der Waals surface area contributed by atoms with Crippen LogP contribution in [0, 0.1) is 6.92 Å². The first-order chi connectivity index (χ1) is 20.6. The second kappa shape index (κ2) is 12.6. The van der Waals surface area contributed by atoms with Gasteiger partial charge in [0, 0.05) is 18.2 Å². The summed E-state index contributed by atoms with van der Waals surface area (Å²) >= 11 is 0. The molecule has 1 aliphatic rings. The van der Waals surface area contributed by atoms with Crippen LogP contribution in [-0.4, -0.2) is 64.6 Å². The van der Waals surface area contributed by atoms with Crippen LogP contribution in [0.15, 0.2) is 51.2 Å². The van der Waals surface area contributed by atoms with Gasteiger partial charge in [-0.3, -0.25) is 4.79 Å². The molecule has 1 fully saturated rings. The molecular formula is C31H36N2O11. The number of aromatic hydroxyl groups is 2. The van der Waals surface area contributed by atoms with Crippen LogP contribution in [0.5, 0.6) is 17.2 Å². The molecule has 1 aromatic heterocycles. The number of fused-ring (bicyclic) bond motifs is 1. The molecule has 0 radical (unpaired) electrons. The van der Waals surface area contributed by atoms with Gasteiger partial charge in [0.05, 0.1) is 11.0 Å². The van der Waals surface area contributed by atoms with Gasteiger partial charge in [0.15, 0.2) is 23.6 Å². The fourth-order valence-electron chi connectivity index (χ4n) is 5.06. The van der Waals surface area contributed by atoms with Gasteiger partial charge in [-0.1, -0.05) is 11.6 Å². The molecule has 236 valence electrons. The van der Waals surface area contributed by atoms with Crippen LogP contribution in [0.3, 0.4) is 0 Å². The van der Waals surface area contributed by atoms with Crippen LogP contribution < -0.4 is 21.4 Å². The maximum absolute atomic E-state index is 13.0. The smallest absolute Gasteiger partial charge is 0.404 e. The number of carbonyl (C=O) groups excluding carboxylic acids is 2. The number of nitrogens with one attached hydrogen (secondary N) is 1. The molecule has 2 heterocycles. The minimum atomic E-state index is -1.52. The standard InChI is InChI=1S/C31H36N2O11/c1-14(2)7-8-16-13-17(9-11-19(16)34)27(37)33-21-22(35)18-10-12-20(15(3)24(18)42-28(21)38)41-29-23(36)25(43-30(32)39)26(40-6)31(4,5)44-29/h7,9-13,23,25-26,29,34-36H,8H2,1-6H3,(H2,32,39)(H,33,37)/t23-,25+,26-,29?/m0/s1. The Balaban J connectivity index is 1.63. The molecule has 13 heteroatoms. The van der Waals surface area contributed by atoms with Crippen LogP contribution in [0.2, 0.25) is 0 Å². The summed E-state index contributed by atoms with van der Waals surface area (Å²) in [5, 5.41) is 34.6. The number of nitrogens with two attached hydrogens (primary N) is 1. The molecule has 0 aliphatic carbocycles. The van der Waals surface area contributed by atoms with E-state index < -0.39 is 59.3 Å². The number of hydrogen-bond donors (Lipinski definition) is 5. The summed E-state index contributed by atoms with van der Waals surface area (Å²) in [7, 11) is 1.37. The van der Waals surface area contributed by atoms with Crippen molar-refractivity contribution in [2.75, 3.05) is 12.4 Å². The van der Waals surface area contributed by atoms with Crippen molar-refractivity contribution in [3.05, 3.63) is 69.1 Å². The first-order valence-electron chi connectivity index (χ1n) is 13.7. The molecule has 13 nitrogen and oxygen atoms in total. The zero-order chi connectivity index (χ0) is 32.5. The van der Waals surface area contributed by atoms with E-state index in [1.807, 2.05) is 19.9 Å². The lowest BCUT2D eigenvalue weighted by atomic mass is 9.89. The third-order valence-electron chi connectivity index (χ3n) is 7.33. The van der Waals surface area contributed by atoms with Crippen molar-refractivity contribution in [3.63, 3.8) is 0 Å². The fourth-order valence-corrected chi connectivity index (χ4v) is 5.06. The maximum atomic E-state index is 13.0. The molecule has 1 saturated heterocycles. The molecule has 4 atom stereocenters. The number of anilines is 1. The van der Waals surface area contributed by atoms with Crippen LogP contribution in [-0.2, 0) is 20.6 Å². The highest BCUT2D eigenvalue weighted by Gasteiger charge is 2.53. The summed E-state index contributed by atoms with van der Waals surface area (Å²) in [6.07, 6.45) is -3.81. The number of aryl methyl sites for hydroxylation is 1. The number of hydrogen-bond acceptors (Lipinski definition) is 11. The highest BCUT2D eigenvalue weighted by atomic mass is 16.7. The lowest BCUT2D eigenvalue weighted by Gasteiger charge is -2.47. The molecule has 44 heavy (non-hydrogen) atoms. The molecule has 2 aromatic carbocycles. The van der Waals surface area contributed by atoms with Crippen LogP contribution in [0.1, 0.15) is 49.2 Å². The molecule has 3 aromatic rings. The molecular weight excluding hydrogens is 576 g/mol. The van der Waals surface area contributed by atoms with Crippen molar-refractivity contribution >= 4 is 28.7 Å². The second-order valence-electron chi connectivity index (χ2n) is 11.2.